The molecule has 6 rings (SSSR count). The van der Waals surface area contributed by atoms with E-state index in [-0.39, 0.29) is 12.0 Å². The van der Waals surface area contributed by atoms with Gasteiger partial charge in [0.15, 0.2) is 0 Å². The molecule has 0 amide bonds. The molecule has 0 unspecified atom stereocenters. The Hall–Kier alpha value is -2.30. The number of aryl methyl sites for hydroxylation is 1. The Morgan fingerprint density at radius 2 is 1.89 bits per heavy atom. The molecular weight excluding hydrogens is 393 g/mol. The Bertz CT molecular complexity index is 1250. The monoisotopic (exact) mass is 409 g/mol. The minimum absolute atomic E-state index is 0.256. The molecule has 5 heteroatoms. The summed E-state index contributed by atoms with van der Waals surface area (Å²) in [5, 5.41) is 1.66. The molecule has 0 spiro atoms. The van der Waals surface area contributed by atoms with Crippen LogP contribution in [0.5, 0.6) is 5.75 Å². The maximum absolute atomic E-state index is 14.9. The van der Waals surface area contributed by atoms with Gasteiger partial charge in [-0.25, -0.2) is 4.39 Å². The van der Waals surface area contributed by atoms with Gasteiger partial charge in [-0.05, 0) is 79.8 Å². The van der Waals surface area contributed by atoms with Crippen LogP contribution < -0.4 is 4.74 Å². The number of halogens is 2. The standard InChI is InChI=1S/C23H17ClFNOS/c1-12-8-16(25)22-18-11-14-10-15(24)4-5-17(14)26(18)23(27-19(22)9-12)21-7-6-20(28-21)13-2-3-13/h4-11,13,23H,2-3H2,1H3/t23-/m0/s1. The van der Waals surface area contributed by atoms with Crippen LogP contribution >= 0.6 is 22.9 Å². The second-order valence-electron chi connectivity index (χ2n) is 7.71. The van der Waals surface area contributed by atoms with E-state index in [4.69, 9.17) is 16.3 Å². The van der Waals surface area contributed by atoms with E-state index in [0.717, 1.165) is 27.0 Å². The number of hydrogen-bond acceptors (Lipinski definition) is 2. The normalized spacial score (nSPS) is 18.0. The van der Waals surface area contributed by atoms with Crippen molar-refractivity contribution in [3.8, 4) is 17.0 Å². The largest absolute Gasteiger partial charge is 0.464 e. The van der Waals surface area contributed by atoms with E-state index in [1.54, 1.807) is 17.4 Å². The summed E-state index contributed by atoms with van der Waals surface area (Å²) < 4.78 is 23.5. The number of ether oxygens (including phenoxy) is 1. The van der Waals surface area contributed by atoms with Gasteiger partial charge in [-0.2, -0.15) is 0 Å². The van der Waals surface area contributed by atoms with Gasteiger partial charge in [-0.1, -0.05) is 11.6 Å². The number of thiophene rings is 1. The lowest BCUT2D eigenvalue weighted by molar-refractivity contribution is 0.176. The molecule has 1 saturated carbocycles. The first kappa shape index (κ1) is 16.6. The zero-order valence-corrected chi connectivity index (χ0v) is 16.8. The summed E-state index contributed by atoms with van der Waals surface area (Å²) in [6.45, 7) is 1.89. The summed E-state index contributed by atoms with van der Waals surface area (Å²) in [4.78, 5) is 2.56. The number of aromatic nitrogens is 1. The topological polar surface area (TPSA) is 14.2 Å². The highest BCUT2D eigenvalue weighted by molar-refractivity contribution is 7.12. The maximum Gasteiger partial charge on any atom is 0.212 e. The van der Waals surface area contributed by atoms with Crippen LogP contribution in [0, 0.1) is 12.7 Å². The third kappa shape index (κ3) is 2.44. The number of benzene rings is 2. The summed E-state index contributed by atoms with van der Waals surface area (Å²) in [6.07, 6.45) is 2.24. The van der Waals surface area contributed by atoms with Crippen molar-refractivity contribution in [3.05, 3.63) is 74.7 Å². The molecule has 28 heavy (non-hydrogen) atoms. The zero-order valence-electron chi connectivity index (χ0n) is 15.2. The van der Waals surface area contributed by atoms with E-state index in [2.05, 4.69) is 16.7 Å². The quantitative estimate of drug-likeness (QED) is 0.339. The van der Waals surface area contributed by atoms with Crippen molar-refractivity contribution in [2.24, 2.45) is 0 Å². The molecule has 0 N–H and O–H groups in total. The van der Waals surface area contributed by atoms with Gasteiger partial charge >= 0.3 is 0 Å². The van der Waals surface area contributed by atoms with Gasteiger partial charge in [0.25, 0.3) is 0 Å². The third-order valence-corrected chi connectivity index (χ3v) is 7.11. The fraction of sp³-hybridized carbons (Fsp3) is 0.217. The van der Waals surface area contributed by atoms with E-state index < -0.39 is 0 Å². The number of fused-ring (bicyclic) bond motifs is 5. The van der Waals surface area contributed by atoms with Crippen LogP contribution in [0.4, 0.5) is 4.39 Å². The van der Waals surface area contributed by atoms with E-state index in [1.807, 2.05) is 37.3 Å². The Kier molecular flexibility index (Phi) is 3.48. The van der Waals surface area contributed by atoms with Crippen LogP contribution in [0.1, 0.15) is 40.3 Å². The molecule has 0 radical (unpaired) electrons. The summed E-state index contributed by atoms with van der Waals surface area (Å²) in [5.41, 5.74) is 3.21. The molecule has 3 heterocycles. The highest BCUT2D eigenvalue weighted by Crippen LogP contribution is 2.49. The van der Waals surface area contributed by atoms with Crippen LogP contribution in [0.25, 0.3) is 22.2 Å². The first-order valence-electron chi connectivity index (χ1n) is 9.46. The molecule has 2 aromatic heterocycles. The average molecular weight is 410 g/mol. The van der Waals surface area contributed by atoms with Crippen molar-refractivity contribution in [1.29, 1.82) is 0 Å². The highest BCUT2D eigenvalue weighted by atomic mass is 35.5. The van der Waals surface area contributed by atoms with Crippen molar-refractivity contribution in [1.82, 2.24) is 4.57 Å². The molecule has 1 aliphatic carbocycles. The van der Waals surface area contributed by atoms with Crippen molar-refractivity contribution >= 4 is 33.8 Å². The Morgan fingerprint density at radius 1 is 1.07 bits per heavy atom. The van der Waals surface area contributed by atoms with Gasteiger partial charge in [0.1, 0.15) is 11.6 Å². The second kappa shape index (κ2) is 5.85. The molecule has 140 valence electrons. The van der Waals surface area contributed by atoms with Crippen molar-refractivity contribution in [2.45, 2.75) is 31.9 Å². The van der Waals surface area contributed by atoms with Gasteiger partial charge < -0.3 is 4.74 Å². The first-order chi connectivity index (χ1) is 13.6. The van der Waals surface area contributed by atoms with Crippen LogP contribution in [0.2, 0.25) is 5.02 Å². The fourth-order valence-corrected chi connectivity index (χ4v) is 5.53. The lowest BCUT2D eigenvalue weighted by Crippen LogP contribution is -2.22. The Labute approximate surface area is 171 Å². The van der Waals surface area contributed by atoms with E-state index in [9.17, 15) is 4.39 Å². The highest BCUT2D eigenvalue weighted by Gasteiger charge is 2.33. The zero-order chi connectivity index (χ0) is 19.0. The van der Waals surface area contributed by atoms with Crippen molar-refractivity contribution in [3.63, 3.8) is 0 Å². The molecule has 0 bridgehead atoms. The molecule has 1 atom stereocenters. The summed E-state index contributed by atoms with van der Waals surface area (Å²) in [7, 11) is 0. The molecule has 1 aliphatic heterocycles. The van der Waals surface area contributed by atoms with E-state index in [0.29, 0.717) is 22.3 Å². The van der Waals surface area contributed by atoms with Gasteiger partial charge in [-0.15, -0.1) is 11.3 Å². The predicted octanol–water partition coefficient (Wildman–Crippen LogP) is 7.29. The Morgan fingerprint density at radius 3 is 2.71 bits per heavy atom. The first-order valence-corrected chi connectivity index (χ1v) is 10.7. The summed E-state index contributed by atoms with van der Waals surface area (Å²) in [5.74, 6) is 1.05. The second-order valence-corrected chi connectivity index (χ2v) is 9.29. The molecule has 1 fully saturated rings. The SMILES string of the molecule is Cc1cc(F)c2c(c1)O[C@@H](c1ccc(C3CC3)s1)n1c-2cc2cc(Cl)ccc21. The van der Waals surface area contributed by atoms with Gasteiger partial charge in [0, 0.05) is 15.3 Å². The number of nitrogens with zero attached hydrogens (tertiary/aromatic N) is 1. The lowest BCUT2D eigenvalue weighted by atomic mass is 10.1. The number of rotatable bonds is 2. The summed E-state index contributed by atoms with van der Waals surface area (Å²) in [6, 6.07) is 15.7. The van der Waals surface area contributed by atoms with Crippen LogP contribution in [-0.2, 0) is 0 Å². The lowest BCUT2D eigenvalue weighted by Gasteiger charge is -2.30. The minimum Gasteiger partial charge on any atom is -0.464 e. The third-order valence-electron chi connectivity index (χ3n) is 5.60. The van der Waals surface area contributed by atoms with Crippen LogP contribution in [-0.4, -0.2) is 4.57 Å². The maximum atomic E-state index is 14.9. The number of hydrogen-bond donors (Lipinski definition) is 0. The van der Waals surface area contributed by atoms with Gasteiger partial charge in [-0.3, -0.25) is 4.57 Å². The molecular formula is C23H17ClFNOS. The Balaban J connectivity index is 1.62. The smallest absolute Gasteiger partial charge is 0.212 e. The molecule has 4 aromatic rings. The van der Waals surface area contributed by atoms with Crippen molar-refractivity contribution < 1.29 is 9.13 Å². The fourth-order valence-electron chi connectivity index (χ4n) is 4.15. The van der Waals surface area contributed by atoms with E-state index >= 15 is 0 Å². The average Bonchev–Trinajstić information content (AvgIpc) is 3.26. The van der Waals surface area contributed by atoms with Crippen molar-refractivity contribution in [2.75, 3.05) is 0 Å². The molecule has 0 saturated heterocycles. The predicted molar refractivity (Wildman–Crippen MR) is 112 cm³/mol. The summed E-state index contributed by atoms with van der Waals surface area (Å²) >= 11 is 8.03. The molecule has 2 nitrogen and oxygen atoms in total. The van der Waals surface area contributed by atoms with E-state index in [1.165, 1.54) is 17.7 Å². The van der Waals surface area contributed by atoms with Gasteiger partial charge in [0.2, 0.25) is 6.23 Å². The van der Waals surface area contributed by atoms with Crippen LogP contribution in [0.3, 0.4) is 0 Å². The van der Waals surface area contributed by atoms with Gasteiger partial charge in [0.05, 0.1) is 21.7 Å². The molecule has 2 aliphatic rings. The minimum atomic E-state index is -0.306. The molecule has 2 aromatic carbocycles. The van der Waals surface area contributed by atoms with Crippen LogP contribution in [0.15, 0.2) is 48.5 Å².